The quantitative estimate of drug-likeness (QED) is 0.611. The number of carbonyl (C=O) groups is 2. The number of methoxy groups -OCH3 is 1. The summed E-state index contributed by atoms with van der Waals surface area (Å²) >= 11 is 4.96. The van der Waals surface area contributed by atoms with E-state index in [1.54, 1.807) is 37.7 Å². The molecule has 0 aliphatic carbocycles. The second-order valence-electron chi connectivity index (χ2n) is 6.28. The van der Waals surface area contributed by atoms with Crippen molar-refractivity contribution >= 4 is 39.5 Å². The van der Waals surface area contributed by atoms with Crippen molar-refractivity contribution < 1.29 is 14.3 Å². The van der Waals surface area contributed by atoms with Gasteiger partial charge in [-0.3, -0.25) is 9.59 Å². The molecule has 0 aliphatic rings. The van der Waals surface area contributed by atoms with Gasteiger partial charge in [0.1, 0.15) is 11.8 Å². The fourth-order valence-electron chi connectivity index (χ4n) is 2.64. The molecule has 2 aromatic rings. The molecule has 0 heterocycles. The van der Waals surface area contributed by atoms with Gasteiger partial charge >= 0.3 is 0 Å². The lowest BCUT2D eigenvalue weighted by molar-refractivity contribution is -0.138. The Kier molecular flexibility index (Phi) is 8.86. The predicted octanol–water partition coefficient (Wildman–Crippen LogP) is 3.85. The highest BCUT2D eigenvalue weighted by molar-refractivity contribution is 9.10. The van der Waals surface area contributed by atoms with Gasteiger partial charge in [-0.2, -0.15) is 0 Å². The molecule has 28 heavy (non-hydrogen) atoms. The van der Waals surface area contributed by atoms with Crippen molar-refractivity contribution in [3.63, 3.8) is 0 Å². The summed E-state index contributed by atoms with van der Waals surface area (Å²) in [4.78, 5) is 26.6. The van der Waals surface area contributed by atoms with E-state index in [4.69, 9.17) is 4.74 Å². The topological polar surface area (TPSA) is 58.6 Å². The number of nitrogens with one attached hydrogen (secondary N) is 1. The average Bonchev–Trinajstić information content (AvgIpc) is 2.72. The SMILES string of the molecule is CNC(=O)[C@H](C)N(Cc1ccc(OC)cc1)C(=O)CSCc1ccc(Br)cc1. The first kappa shape index (κ1) is 22.3. The predicted molar refractivity (Wildman–Crippen MR) is 117 cm³/mol. The number of carbonyl (C=O) groups excluding carboxylic acids is 2. The third-order valence-electron chi connectivity index (χ3n) is 4.33. The van der Waals surface area contributed by atoms with Crippen LogP contribution in [0.5, 0.6) is 5.75 Å². The van der Waals surface area contributed by atoms with E-state index in [1.165, 1.54) is 0 Å². The van der Waals surface area contributed by atoms with Gasteiger partial charge in [0, 0.05) is 23.8 Å². The van der Waals surface area contributed by atoms with Crippen LogP contribution in [0.3, 0.4) is 0 Å². The van der Waals surface area contributed by atoms with Crippen molar-refractivity contribution in [1.29, 1.82) is 0 Å². The highest BCUT2D eigenvalue weighted by Crippen LogP contribution is 2.19. The van der Waals surface area contributed by atoms with Gasteiger partial charge in [-0.25, -0.2) is 0 Å². The van der Waals surface area contributed by atoms with E-state index in [-0.39, 0.29) is 11.8 Å². The van der Waals surface area contributed by atoms with Gasteiger partial charge < -0.3 is 15.0 Å². The van der Waals surface area contributed by atoms with Crippen LogP contribution in [-0.4, -0.2) is 42.7 Å². The van der Waals surface area contributed by atoms with Gasteiger partial charge in [0.05, 0.1) is 12.9 Å². The van der Waals surface area contributed by atoms with Crippen molar-refractivity contribution in [3.05, 3.63) is 64.1 Å². The summed E-state index contributed by atoms with van der Waals surface area (Å²) < 4.78 is 6.21. The Morgan fingerprint density at radius 1 is 1.11 bits per heavy atom. The van der Waals surface area contributed by atoms with E-state index in [0.717, 1.165) is 27.1 Å². The molecular formula is C21H25BrN2O3S. The molecule has 0 fully saturated rings. The maximum atomic E-state index is 12.9. The highest BCUT2D eigenvalue weighted by Gasteiger charge is 2.25. The molecule has 0 saturated carbocycles. The molecule has 0 bridgehead atoms. The summed E-state index contributed by atoms with van der Waals surface area (Å²) in [7, 11) is 3.19. The normalized spacial score (nSPS) is 11.6. The molecule has 2 amide bonds. The summed E-state index contributed by atoms with van der Waals surface area (Å²) in [5.41, 5.74) is 2.10. The molecule has 0 unspecified atom stereocenters. The lowest BCUT2D eigenvalue weighted by Gasteiger charge is -2.28. The number of amides is 2. The van der Waals surface area contributed by atoms with Crippen LogP contribution in [0, 0.1) is 0 Å². The summed E-state index contributed by atoms with van der Waals surface area (Å²) in [6, 6.07) is 15.0. The highest BCUT2D eigenvalue weighted by atomic mass is 79.9. The summed E-state index contributed by atoms with van der Waals surface area (Å²) in [6.07, 6.45) is 0. The Morgan fingerprint density at radius 3 is 2.29 bits per heavy atom. The summed E-state index contributed by atoms with van der Waals surface area (Å²) in [5.74, 6) is 1.57. The van der Waals surface area contributed by atoms with E-state index in [9.17, 15) is 9.59 Å². The minimum Gasteiger partial charge on any atom is -0.497 e. The Labute approximate surface area is 179 Å². The number of likely N-dealkylation sites (N-methyl/N-ethyl adjacent to an activating group) is 1. The molecular weight excluding hydrogens is 440 g/mol. The van der Waals surface area contributed by atoms with E-state index in [2.05, 4.69) is 21.2 Å². The van der Waals surface area contributed by atoms with Crippen molar-refractivity contribution in [3.8, 4) is 5.75 Å². The molecule has 0 aromatic heterocycles. The number of hydrogen-bond acceptors (Lipinski definition) is 4. The number of nitrogens with zero attached hydrogens (tertiary/aromatic N) is 1. The van der Waals surface area contributed by atoms with Crippen LogP contribution in [0.1, 0.15) is 18.1 Å². The minimum atomic E-state index is -0.548. The zero-order valence-corrected chi connectivity index (χ0v) is 18.7. The smallest absolute Gasteiger partial charge is 0.242 e. The van der Waals surface area contributed by atoms with Gasteiger partial charge in [0.2, 0.25) is 11.8 Å². The van der Waals surface area contributed by atoms with E-state index in [1.807, 2.05) is 48.5 Å². The van der Waals surface area contributed by atoms with Crippen LogP contribution in [0.4, 0.5) is 0 Å². The van der Waals surface area contributed by atoms with Crippen LogP contribution in [0.15, 0.2) is 53.0 Å². The van der Waals surface area contributed by atoms with Gasteiger partial charge in [0.25, 0.3) is 0 Å². The Morgan fingerprint density at radius 2 is 1.71 bits per heavy atom. The molecule has 1 atom stereocenters. The molecule has 1 N–H and O–H groups in total. The van der Waals surface area contributed by atoms with E-state index in [0.29, 0.717) is 12.3 Å². The van der Waals surface area contributed by atoms with Gasteiger partial charge in [0.15, 0.2) is 0 Å². The van der Waals surface area contributed by atoms with Crippen LogP contribution >= 0.6 is 27.7 Å². The first-order valence-corrected chi connectivity index (χ1v) is 10.9. The maximum absolute atomic E-state index is 12.9. The Bertz CT molecular complexity index is 781. The second-order valence-corrected chi connectivity index (χ2v) is 8.18. The van der Waals surface area contributed by atoms with Gasteiger partial charge in [-0.1, -0.05) is 40.2 Å². The van der Waals surface area contributed by atoms with Crippen LogP contribution in [0.2, 0.25) is 0 Å². The summed E-state index contributed by atoms with van der Waals surface area (Å²) in [5, 5.41) is 2.63. The number of rotatable bonds is 9. The van der Waals surface area contributed by atoms with Crippen molar-refractivity contribution in [2.24, 2.45) is 0 Å². The number of ether oxygens (including phenoxy) is 1. The fraction of sp³-hybridized carbons (Fsp3) is 0.333. The van der Waals surface area contributed by atoms with Gasteiger partial charge in [-0.15, -0.1) is 11.8 Å². The fourth-order valence-corrected chi connectivity index (χ4v) is 3.77. The zero-order chi connectivity index (χ0) is 20.5. The van der Waals surface area contributed by atoms with Crippen LogP contribution < -0.4 is 10.1 Å². The minimum absolute atomic E-state index is 0.0611. The van der Waals surface area contributed by atoms with Crippen LogP contribution in [0.25, 0.3) is 0 Å². The molecule has 2 rings (SSSR count). The molecule has 0 radical (unpaired) electrons. The Balaban J connectivity index is 2.02. The number of halogens is 1. The largest absolute Gasteiger partial charge is 0.497 e. The van der Waals surface area contributed by atoms with Crippen molar-refractivity contribution in [2.75, 3.05) is 19.9 Å². The van der Waals surface area contributed by atoms with Crippen molar-refractivity contribution in [1.82, 2.24) is 10.2 Å². The lowest BCUT2D eigenvalue weighted by Crippen LogP contribution is -2.47. The molecule has 0 saturated heterocycles. The van der Waals surface area contributed by atoms with Gasteiger partial charge in [-0.05, 0) is 42.3 Å². The second kappa shape index (κ2) is 11.1. The maximum Gasteiger partial charge on any atom is 0.242 e. The average molecular weight is 465 g/mol. The first-order valence-electron chi connectivity index (χ1n) is 8.90. The molecule has 0 spiro atoms. The monoisotopic (exact) mass is 464 g/mol. The number of benzene rings is 2. The number of thioether (sulfide) groups is 1. The number of hydrogen-bond donors (Lipinski definition) is 1. The Hall–Kier alpha value is -1.99. The lowest BCUT2D eigenvalue weighted by atomic mass is 10.1. The zero-order valence-electron chi connectivity index (χ0n) is 16.3. The summed E-state index contributed by atoms with van der Waals surface area (Å²) in [6.45, 7) is 2.12. The van der Waals surface area contributed by atoms with E-state index < -0.39 is 6.04 Å². The third-order valence-corrected chi connectivity index (χ3v) is 5.85. The molecule has 7 heteroatoms. The molecule has 2 aromatic carbocycles. The van der Waals surface area contributed by atoms with E-state index >= 15 is 0 Å². The van der Waals surface area contributed by atoms with Crippen LogP contribution in [-0.2, 0) is 21.9 Å². The first-order chi connectivity index (χ1) is 13.4. The van der Waals surface area contributed by atoms with Crippen molar-refractivity contribution in [2.45, 2.75) is 25.3 Å². The molecule has 150 valence electrons. The molecule has 0 aliphatic heterocycles. The third kappa shape index (κ3) is 6.56. The molecule has 5 nitrogen and oxygen atoms in total. The standard InChI is InChI=1S/C21H25BrN2O3S/c1-15(21(26)23-2)24(12-16-6-10-19(27-3)11-7-16)20(25)14-28-13-17-4-8-18(22)9-5-17/h4-11,15H,12-14H2,1-3H3,(H,23,26)/t15-/m0/s1.